The first-order valence-corrected chi connectivity index (χ1v) is 13.3. The third-order valence-corrected chi connectivity index (χ3v) is 6.34. The number of anilines is 2. The summed E-state index contributed by atoms with van der Waals surface area (Å²) >= 11 is 0. The molecule has 0 aliphatic carbocycles. The first kappa shape index (κ1) is 29.5. The lowest BCUT2D eigenvalue weighted by atomic mass is 10.1. The van der Waals surface area contributed by atoms with E-state index in [0.717, 1.165) is 18.2 Å². The van der Waals surface area contributed by atoms with Gasteiger partial charge in [-0.15, -0.1) is 0 Å². The minimum Gasteiger partial charge on any atom is -0.444 e. The van der Waals surface area contributed by atoms with Crippen molar-refractivity contribution in [3.63, 3.8) is 0 Å². The summed E-state index contributed by atoms with van der Waals surface area (Å²) in [6.45, 7) is 3.39. The molecule has 4 heterocycles. The van der Waals surface area contributed by atoms with E-state index in [9.17, 15) is 27.6 Å². The molecule has 1 aliphatic heterocycles. The molecule has 0 spiro atoms. The van der Waals surface area contributed by atoms with Crippen molar-refractivity contribution in [3.05, 3.63) is 72.0 Å². The molecule has 0 saturated carbocycles. The maximum Gasteiger partial charge on any atom is 0.416 e. The van der Waals surface area contributed by atoms with Gasteiger partial charge < -0.3 is 14.1 Å². The van der Waals surface area contributed by atoms with Crippen molar-refractivity contribution in [2.24, 2.45) is 0 Å². The van der Waals surface area contributed by atoms with Gasteiger partial charge in [-0.05, 0) is 70.0 Å². The topological polar surface area (TPSA) is 124 Å². The molecule has 0 bridgehead atoms. The number of carbonyl (C=O) groups excluding carboxylic acids is 3. The summed E-state index contributed by atoms with van der Waals surface area (Å²) in [5.41, 5.74) is 1.70. The van der Waals surface area contributed by atoms with Crippen LogP contribution in [0.2, 0.25) is 0 Å². The summed E-state index contributed by atoms with van der Waals surface area (Å²) in [6, 6.07) is 9.48. The lowest BCUT2D eigenvalue weighted by molar-refractivity contribution is -0.119. The molecule has 11 nitrogen and oxygen atoms in total. The molecule has 0 N–H and O–H groups in total. The summed E-state index contributed by atoms with van der Waals surface area (Å²) in [5, 5.41) is 4.60. The average Bonchev–Trinajstić information content (AvgIpc) is 3.62. The number of aryl methyl sites for hydroxylation is 1. The summed E-state index contributed by atoms with van der Waals surface area (Å²) in [6.07, 6.45) is 0.219. The zero-order chi connectivity index (χ0) is 30.9. The molecule has 0 saturated heterocycles. The number of halogens is 3. The van der Waals surface area contributed by atoms with Crippen molar-refractivity contribution in [3.8, 4) is 17.1 Å². The minimum absolute atomic E-state index is 0.0245. The number of rotatable bonds is 6. The number of hydrogen-bond donors (Lipinski definition) is 0. The third-order valence-electron chi connectivity index (χ3n) is 6.34. The molecule has 0 atom stereocenters. The Morgan fingerprint density at radius 2 is 1.88 bits per heavy atom. The second-order valence-electron chi connectivity index (χ2n) is 10.8. The van der Waals surface area contributed by atoms with Crippen LogP contribution in [0, 0.1) is 0 Å². The van der Waals surface area contributed by atoms with Gasteiger partial charge in [0.1, 0.15) is 30.5 Å². The van der Waals surface area contributed by atoms with Crippen LogP contribution >= 0.6 is 0 Å². The van der Waals surface area contributed by atoms with Crippen molar-refractivity contribution in [2.45, 2.75) is 45.4 Å². The van der Waals surface area contributed by atoms with Gasteiger partial charge in [-0.3, -0.25) is 14.5 Å². The van der Waals surface area contributed by atoms with Crippen LogP contribution in [0.25, 0.3) is 17.1 Å². The smallest absolute Gasteiger partial charge is 0.416 e. The van der Waals surface area contributed by atoms with Crippen LogP contribution in [-0.4, -0.2) is 62.9 Å². The normalized spacial score (nSPS) is 13.4. The zero-order valence-corrected chi connectivity index (χ0v) is 23.5. The predicted molar refractivity (Wildman–Crippen MR) is 148 cm³/mol. The number of alkyl halides is 3. The van der Waals surface area contributed by atoms with Gasteiger partial charge in [0, 0.05) is 23.9 Å². The Hall–Kier alpha value is -5.01. The highest BCUT2D eigenvalue weighted by Crippen LogP contribution is 2.31. The van der Waals surface area contributed by atoms with Gasteiger partial charge >= 0.3 is 12.3 Å². The van der Waals surface area contributed by atoms with Gasteiger partial charge in [0.25, 0.3) is 5.91 Å². The fourth-order valence-electron chi connectivity index (χ4n) is 4.46. The predicted octanol–water partition coefficient (Wildman–Crippen LogP) is 5.63. The highest BCUT2D eigenvalue weighted by atomic mass is 19.4. The van der Waals surface area contributed by atoms with E-state index < -0.39 is 30.3 Å². The number of hydrogen-bond acceptors (Lipinski definition) is 8. The van der Waals surface area contributed by atoms with E-state index in [2.05, 4.69) is 15.1 Å². The number of aldehydes is 1. The molecule has 14 heteroatoms. The van der Waals surface area contributed by atoms with Crippen molar-refractivity contribution >= 4 is 29.8 Å². The number of fused-ring (bicyclic) bond motifs is 1. The maximum atomic E-state index is 13.5. The maximum absolute atomic E-state index is 13.5. The van der Waals surface area contributed by atoms with E-state index in [0.29, 0.717) is 41.2 Å². The molecular formula is C29H27F3N6O5. The van der Waals surface area contributed by atoms with Gasteiger partial charge in [-0.1, -0.05) is 0 Å². The third kappa shape index (κ3) is 6.74. The van der Waals surface area contributed by atoms with E-state index in [1.165, 1.54) is 44.0 Å². The lowest BCUT2D eigenvalue weighted by Crippen LogP contribution is -2.42. The van der Waals surface area contributed by atoms with Crippen LogP contribution in [0.5, 0.6) is 0 Å². The van der Waals surface area contributed by atoms with Crippen molar-refractivity contribution in [2.75, 3.05) is 22.9 Å². The number of ether oxygens (including phenoxy) is 1. The summed E-state index contributed by atoms with van der Waals surface area (Å²) < 4.78 is 52.3. The molecule has 0 fully saturated rings. The minimum atomic E-state index is -4.73. The van der Waals surface area contributed by atoms with Gasteiger partial charge in [0.05, 0.1) is 23.3 Å². The summed E-state index contributed by atoms with van der Waals surface area (Å²) in [5.74, 6) is -0.829. The van der Waals surface area contributed by atoms with Crippen molar-refractivity contribution in [1.82, 2.24) is 19.7 Å². The number of benzene rings is 1. The Morgan fingerprint density at radius 3 is 2.56 bits per heavy atom. The zero-order valence-electron chi connectivity index (χ0n) is 23.5. The van der Waals surface area contributed by atoms with Crippen LogP contribution in [-0.2, 0) is 11.2 Å². The number of amides is 2. The van der Waals surface area contributed by atoms with Crippen LogP contribution in [0.4, 0.5) is 29.5 Å². The highest BCUT2D eigenvalue weighted by Gasteiger charge is 2.37. The van der Waals surface area contributed by atoms with Crippen LogP contribution in [0.3, 0.4) is 0 Å². The van der Waals surface area contributed by atoms with Crippen LogP contribution in [0.15, 0.2) is 59.5 Å². The van der Waals surface area contributed by atoms with Gasteiger partial charge in [0.2, 0.25) is 5.89 Å². The number of pyridine rings is 1. The van der Waals surface area contributed by atoms with E-state index in [1.807, 2.05) is 0 Å². The Balaban J connectivity index is 1.39. The number of nitrogens with zero attached hydrogens (tertiary/aromatic N) is 6. The van der Waals surface area contributed by atoms with Gasteiger partial charge in [-0.2, -0.15) is 18.3 Å². The second-order valence-corrected chi connectivity index (χ2v) is 10.8. The first-order valence-electron chi connectivity index (χ1n) is 13.3. The summed E-state index contributed by atoms with van der Waals surface area (Å²) in [4.78, 5) is 47.3. The molecule has 43 heavy (non-hydrogen) atoms. The summed E-state index contributed by atoms with van der Waals surface area (Å²) in [7, 11) is 0. The fourth-order valence-corrected chi connectivity index (χ4v) is 4.46. The average molecular weight is 597 g/mol. The Labute approximate surface area is 243 Å². The van der Waals surface area contributed by atoms with E-state index in [1.54, 1.807) is 35.1 Å². The van der Waals surface area contributed by atoms with E-state index in [4.69, 9.17) is 9.15 Å². The largest absolute Gasteiger partial charge is 0.444 e. The van der Waals surface area contributed by atoms with Crippen LogP contribution in [0.1, 0.15) is 53.7 Å². The number of aromatic nitrogens is 4. The number of carbonyl (C=O) groups is 3. The van der Waals surface area contributed by atoms with E-state index >= 15 is 0 Å². The molecular weight excluding hydrogens is 569 g/mol. The standard InChI is InChI=1S/C29H27F3N6O5/c1-28(2,3)43-27(41)37(17-29(30,31)32)24-13-19(10-11-33-24)25-34-22(16-42-25)26(40)36-12-4-5-21-23(36)14-38(35-21)20-8-6-18(15-39)7-9-20/h6-11,13-16H,4-5,12,17H2,1-3H3. The van der Waals surface area contributed by atoms with Crippen LogP contribution < -0.4 is 9.80 Å². The molecule has 1 aromatic carbocycles. The molecule has 2 amide bonds. The van der Waals surface area contributed by atoms with Crippen molar-refractivity contribution < 1.29 is 36.7 Å². The molecule has 5 rings (SSSR count). The second kappa shape index (κ2) is 11.3. The molecule has 0 unspecified atom stereocenters. The monoisotopic (exact) mass is 596 g/mol. The van der Waals surface area contributed by atoms with Gasteiger partial charge in [-0.25, -0.2) is 19.4 Å². The van der Waals surface area contributed by atoms with Crippen molar-refractivity contribution in [1.29, 1.82) is 0 Å². The molecule has 1 aliphatic rings. The SMILES string of the molecule is CC(C)(C)OC(=O)N(CC(F)(F)F)c1cc(-c2nc(C(=O)N3CCCc4nn(-c5ccc(C=O)cc5)cc43)co2)ccn1. The molecule has 4 aromatic rings. The molecule has 3 aromatic heterocycles. The molecule has 0 radical (unpaired) electrons. The lowest BCUT2D eigenvalue weighted by Gasteiger charge is -2.27. The first-order chi connectivity index (χ1) is 20.3. The highest BCUT2D eigenvalue weighted by molar-refractivity contribution is 6.05. The fraction of sp³-hybridized carbons (Fsp3) is 0.310. The Bertz CT molecular complexity index is 1660. The Kier molecular flexibility index (Phi) is 7.78. The number of oxazole rings is 1. The van der Waals surface area contributed by atoms with E-state index in [-0.39, 0.29) is 23.0 Å². The quantitative estimate of drug-likeness (QED) is 0.262. The Morgan fingerprint density at radius 1 is 1.14 bits per heavy atom. The van der Waals surface area contributed by atoms with Gasteiger partial charge in [0.15, 0.2) is 5.69 Å². The molecule has 224 valence electrons.